The molecule has 0 radical (unpaired) electrons. The van der Waals surface area contributed by atoms with Crippen molar-refractivity contribution in [2.75, 3.05) is 6.26 Å². The number of thioether (sulfide) groups is 1. The Kier molecular flexibility index (Phi) is 6.86. The lowest BCUT2D eigenvalue weighted by Gasteiger charge is -2.27. The summed E-state index contributed by atoms with van der Waals surface area (Å²) >= 11 is 1.66. The van der Waals surface area contributed by atoms with Crippen LogP contribution in [0, 0.1) is 6.92 Å². The molecule has 1 amide bonds. The molecular weight excluding hydrogens is 292 g/mol. The number of halogens is 1. The molecule has 0 aliphatic heterocycles. The van der Waals surface area contributed by atoms with Gasteiger partial charge >= 0.3 is 0 Å². The molecule has 1 fully saturated rings. The van der Waals surface area contributed by atoms with E-state index in [1.807, 2.05) is 25.3 Å². The maximum absolute atomic E-state index is 12.3. The SMILES string of the molecule is CSc1ccc(C)c(C(=O)NC2CCC(N)CC2)c1.Cl. The third-order valence-corrected chi connectivity index (χ3v) is 4.52. The minimum Gasteiger partial charge on any atom is -0.349 e. The molecule has 1 aromatic rings. The van der Waals surface area contributed by atoms with Gasteiger partial charge in [-0.3, -0.25) is 4.79 Å². The average molecular weight is 315 g/mol. The van der Waals surface area contributed by atoms with Crippen LogP contribution in [0.2, 0.25) is 0 Å². The van der Waals surface area contributed by atoms with Gasteiger partial charge in [0, 0.05) is 22.5 Å². The summed E-state index contributed by atoms with van der Waals surface area (Å²) in [6.07, 6.45) is 6.03. The van der Waals surface area contributed by atoms with Crippen LogP contribution in [-0.4, -0.2) is 24.2 Å². The summed E-state index contributed by atoms with van der Waals surface area (Å²) in [4.78, 5) is 13.5. The van der Waals surface area contributed by atoms with Crippen LogP contribution in [0.1, 0.15) is 41.6 Å². The second kappa shape index (κ2) is 7.91. The van der Waals surface area contributed by atoms with Crippen molar-refractivity contribution in [2.45, 2.75) is 49.6 Å². The molecule has 20 heavy (non-hydrogen) atoms. The third-order valence-electron chi connectivity index (χ3n) is 3.80. The van der Waals surface area contributed by atoms with E-state index in [-0.39, 0.29) is 24.4 Å². The van der Waals surface area contributed by atoms with E-state index in [1.54, 1.807) is 11.8 Å². The van der Waals surface area contributed by atoms with Crippen LogP contribution in [0.5, 0.6) is 0 Å². The predicted molar refractivity (Wildman–Crippen MR) is 87.9 cm³/mol. The van der Waals surface area contributed by atoms with Gasteiger partial charge in [0.25, 0.3) is 5.91 Å². The quantitative estimate of drug-likeness (QED) is 0.843. The third kappa shape index (κ3) is 4.40. The normalized spacial score (nSPS) is 21.9. The Balaban J connectivity index is 0.00000200. The van der Waals surface area contributed by atoms with Gasteiger partial charge in [-0.2, -0.15) is 0 Å². The van der Waals surface area contributed by atoms with Gasteiger partial charge in [0.15, 0.2) is 0 Å². The lowest BCUT2D eigenvalue weighted by molar-refractivity contribution is 0.0925. The summed E-state index contributed by atoms with van der Waals surface area (Å²) in [5.41, 5.74) is 7.71. The summed E-state index contributed by atoms with van der Waals surface area (Å²) in [7, 11) is 0. The minimum absolute atomic E-state index is 0. The van der Waals surface area contributed by atoms with Crippen LogP contribution in [0.15, 0.2) is 23.1 Å². The van der Waals surface area contributed by atoms with E-state index in [1.165, 1.54) is 0 Å². The topological polar surface area (TPSA) is 55.1 Å². The van der Waals surface area contributed by atoms with E-state index in [0.717, 1.165) is 41.7 Å². The Morgan fingerprint density at radius 1 is 1.30 bits per heavy atom. The van der Waals surface area contributed by atoms with Crippen LogP contribution in [0.3, 0.4) is 0 Å². The summed E-state index contributed by atoms with van der Waals surface area (Å²) in [5, 5.41) is 3.14. The highest BCUT2D eigenvalue weighted by Crippen LogP contribution is 2.21. The summed E-state index contributed by atoms with van der Waals surface area (Å²) in [6, 6.07) is 6.64. The Hall–Kier alpha value is -0.710. The van der Waals surface area contributed by atoms with Crippen molar-refractivity contribution in [3.63, 3.8) is 0 Å². The van der Waals surface area contributed by atoms with Crippen molar-refractivity contribution in [1.29, 1.82) is 0 Å². The van der Waals surface area contributed by atoms with Gasteiger partial charge in [-0.25, -0.2) is 0 Å². The average Bonchev–Trinajstić information content (AvgIpc) is 2.42. The number of nitrogens with two attached hydrogens (primary N) is 1. The minimum atomic E-state index is 0. The zero-order valence-electron chi connectivity index (χ0n) is 12.0. The molecule has 1 aromatic carbocycles. The summed E-state index contributed by atoms with van der Waals surface area (Å²) in [6.45, 7) is 1.98. The maximum atomic E-state index is 12.3. The molecule has 0 bridgehead atoms. The van der Waals surface area contributed by atoms with Crippen molar-refractivity contribution in [1.82, 2.24) is 5.32 Å². The number of rotatable bonds is 3. The lowest BCUT2D eigenvalue weighted by atomic mass is 9.91. The van der Waals surface area contributed by atoms with Gasteiger partial charge in [0.1, 0.15) is 0 Å². The highest BCUT2D eigenvalue weighted by molar-refractivity contribution is 7.98. The number of hydrogen-bond acceptors (Lipinski definition) is 3. The highest BCUT2D eigenvalue weighted by atomic mass is 35.5. The number of benzene rings is 1. The second-order valence-electron chi connectivity index (χ2n) is 5.27. The maximum Gasteiger partial charge on any atom is 0.251 e. The van der Waals surface area contributed by atoms with Crippen molar-refractivity contribution in [3.8, 4) is 0 Å². The van der Waals surface area contributed by atoms with Gasteiger partial charge in [-0.15, -0.1) is 24.2 Å². The van der Waals surface area contributed by atoms with E-state index < -0.39 is 0 Å². The predicted octanol–water partition coefficient (Wildman–Crippen LogP) is 3.14. The van der Waals surface area contributed by atoms with Gasteiger partial charge in [-0.05, 0) is 56.6 Å². The van der Waals surface area contributed by atoms with E-state index in [2.05, 4.69) is 11.4 Å². The van der Waals surface area contributed by atoms with E-state index in [9.17, 15) is 4.79 Å². The van der Waals surface area contributed by atoms with Gasteiger partial charge in [-0.1, -0.05) is 6.07 Å². The molecular formula is C15H23ClN2OS. The van der Waals surface area contributed by atoms with Crippen LogP contribution in [-0.2, 0) is 0 Å². The summed E-state index contributed by atoms with van der Waals surface area (Å²) < 4.78 is 0. The van der Waals surface area contributed by atoms with Crippen molar-refractivity contribution < 1.29 is 4.79 Å². The Labute approximate surface area is 131 Å². The fourth-order valence-electron chi connectivity index (χ4n) is 2.50. The van der Waals surface area contributed by atoms with Crippen LogP contribution in [0.4, 0.5) is 0 Å². The van der Waals surface area contributed by atoms with E-state index in [0.29, 0.717) is 6.04 Å². The lowest BCUT2D eigenvalue weighted by Crippen LogP contribution is -2.40. The van der Waals surface area contributed by atoms with Crippen molar-refractivity contribution in [3.05, 3.63) is 29.3 Å². The number of hydrogen-bond donors (Lipinski definition) is 2. The first-order valence-electron chi connectivity index (χ1n) is 6.81. The Morgan fingerprint density at radius 3 is 2.55 bits per heavy atom. The zero-order chi connectivity index (χ0) is 13.8. The van der Waals surface area contributed by atoms with Crippen molar-refractivity contribution in [2.24, 2.45) is 5.73 Å². The largest absolute Gasteiger partial charge is 0.349 e. The first kappa shape index (κ1) is 17.3. The number of amides is 1. The molecule has 0 spiro atoms. The molecule has 112 valence electrons. The molecule has 1 saturated carbocycles. The number of aryl methyl sites for hydroxylation is 1. The monoisotopic (exact) mass is 314 g/mol. The second-order valence-corrected chi connectivity index (χ2v) is 6.15. The number of carbonyl (C=O) groups excluding carboxylic acids is 1. The summed E-state index contributed by atoms with van der Waals surface area (Å²) in [5.74, 6) is 0.0499. The fraction of sp³-hybridized carbons (Fsp3) is 0.533. The molecule has 2 rings (SSSR count). The smallest absolute Gasteiger partial charge is 0.251 e. The molecule has 3 nitrogen and oxygen atoms in total. The Morgan fingerprint density at radius 2 is 1.95 bits per heavy atom. The first-order chi connectivity index (χ1) is 9.10. The molecule has 0 heterocycles. The van der Waals surface area contributed by atoms with Crippen molar-refractivity contribution >= 4 is 30.1 Å². The fourth-order valence-corrected chi connectivity index (χ4v) is 2.94. The molecule has 1 aliphatic rings. The number of nitrogens with one attached hydrogen (secondary N) is 1. The van der Waals surface area contributed by atoms with Crippen LogP contribution in [0.25, 0.3) is 0 Å². The molecule has 0 saturated heterocycles. The standard InChI is InChI=1S/C15H22N2OS.ClH/c1-10-3-8-13(19-2)9-14(10)15(18)17-12-6-4-11(16)5-7-12;/h3,8-9,11-12H,4-7,16H2,1-2H3,(H,17,18);1H. The van der Waals surface area contributed by atoms with E-state index >= 15 is 0 Å². The van der Waals surface area contributed by atoms with Gasteiger partial charge < -0.3 is 11.1 Å². The van der Waals surface area contributed by atoms with Crippen LogP contribution >= 0.6 is 24.2 Å². The highest BCUT2D eigenvalue weighted by Gasteiger charge is 2.21. The number of carbonyl (C=O) groups is 1. The van der Waals surface area contributed by atoms with E-state index in [4.69, 9.17) is 5.73 Å². The van der Waals surface area contributed by atoms with Gasteiger partial charge in [0.05, 0.1) is 0 Å². The first-order valence-corrected chi connectivity index (χ1v) is 8.03. The molecule has 5 heteroatoms. The van der Waals surface area contributed by atoms with Gasteiger partial charge in [0.2, 0.25) is 0 Å². The molecule has 0 aromatic heterocycles. The zero-order valence-corrected chi connectivity index (χ0v) is 13.7. The molecule has 0 atom stereocenters. The molecule has 1 aliphatic carbocycles. The van der Waals surface area contributed by atoms with Crippen LogP contribution < -0.4 is 11.1 Å². The molecule has 3 N–H and O–H groups in total. The Bertz CT molecular complexity index is 459. The molecule has 0 unspecified atom stereocenters.